The lowest BCUT2D eigenvalue weighted by molar-refractivity contribution is -0.140. The highest BCUT2D eigenvalue weighted by Crippen LogP contribution is 2.41. The minimum atomic E-state index is -0.712. The molecule has 0 aromatic heterocycles. The highest BCUT2D eigenvalue weighted by atomic mass is 32.2. The van der Waals surface area contributed by atoms with E-state index in [0.717, 1.165) is 32.1 Å². The Morgan fingerprint density at radius 2 is 1.87 bits per heavy atom. The number of thioether (sulfide) groups is 1. The van der Waals surface area contributed by atoms with Crippen molar-refractivity contribution in [3.63, 3.8) is 0 Å². The molecule has 1 saturated carbocycles. The van der Waals surface area contributed by atoms with Gasteiger partial charge in [-0.2, -0.15) is 0 Å². The van der Waals surface area contributed by atoms with Crippen LogP contribution in [0, 0.1) is 0 Å². The van der Waals surface area contributed by atoms with Crippen LogP contribution in [-0.4, -0.2) is 39.1 Å². The summed E-state index contributed by atoms with van der Waals surface area (Å²) in [5, 5.41) is 9.32. The molecule has 0 atom stereocenters. The smallest absolute Gasteiger partial charge is 0.320 e. The van der Waals surface area contributed by atoms with Gasteiger partial charge >= 0.3 is 5.97 Å². The van der Waals surface area contributed by atoms with Crippen LogP contribution in [-0.2, 0) is 4.79 Å². The van der Waals surface area contributed by atoms with Crippen LogP contribution in [0.25, 0.3) is 0 Å². The van der Waals surface area contributed by atoms with Crippen LogP contribution in [0.4, 0.5) is 0 Å². The van der Waals surface area contributed by atoms with Gasteiger partial charge in [0.2, 0.25) is 0 Å². The lowest BCUT2D eigenvalue weighted by Gasteiger charge is -2.33. The molecule has 1 N–H and O–H groups in total. The number of carboxylic acids is 1. The van der Waals surface area contributed by atoms with Crippen LogP contribution in [0.1, 0.15) is 32.1 Å². The van der Waals surface area contributed by atoms with Gasteiger partial charge in [-0.25, -0.2) is 0 Å². The molecule has 0 heterocycles. The van der Waals surface area contributed by atoms with E-state index in [1.165, 1.54) is 11.8 Å². The molecular weight excluding hydrogens is 230 g/mol. The number of carboxylic acid groups (broad SMARTS) is 1. The van der Waals surface area contributed by atoms with E-state index in [1.54, 1.807) is 4.90 Å². The molecule has 0 saturated heterocycles. The zero-order chi connectivity index (χ0) is 11.5. The Bertz CT molecular complexity index is 260. The first-order chi connectivity index (χ1) is 6.98. The first-order valence-electron chi connectivity index (χ1n) is 5.12. The Kier molecular flexibility index (Phi) is 4.40. The number of nitrogens with zero attached hydrogens (tertiary/aromatic N) is 1. The van der Waals surface area contributed by atoms with Crippen LogP contribution in [0.15, 0.2) is 0 Å². The van der Waals surface area contributed by atoms with E-state index in [4.69, 9.17) is 12.2 Å². The summed E-state index contributed by atoms with van der Waals surface area (Å²) < 4.78 is -0.00104. The normalized spacial score (nSPS) is 19.6. The van der Waals surface area contributed by atoms with Crippen LogP contribution >= 0.6 is 24.0 Å². The second-order valence-corrected chi connectivity index (χ2v) is 6.14. The summed E-state index contributed by atoms with van der Waals surface area (Å²) in [6.45, 7) is 0. The van der Waals surface area contributed by atoms with Crippen molar-refractivity contribution in [1.82, 2.24) is 4.90 Å². The monoisotopic (exact) mass is 247 g/mol. The molecule has 0 aromatic rings. The molecule has 1 aliphatic carbocycles. The zero-order valence-corrected chi connectivity index (χ0v) is 10.8. The Morgan fingerprint density at radius 3 is 2.27 bits per heavy atom. The standard InChI is InChI=1S/C10H17NO2S2/c1-11(2)9(14)15-10(8(12)13)6-4-3-5-7-10/h3-7H2,1-2H3,(H,12,13). The number of hydrogen-bond acceptors (Lipinski definition) is 3. The topological polar surface area (TPSA) is 40.5 Å². The molecule has 1 rings (SSSR count). The Labute approximate surface area is 100 Å². The lowest BCUT2D eigenvalue weighted by Crippen LogP contribution is -2.39. The molecular formula is C10H17NO2S2. The van der Waals surface area contributed by atoms with Gasteiger partial charge < -0.3 is 10.0 Å². The third-order valence-electron chi connectivity index (χ3n) is 2.70. The highest BCUT2D eigenvalue weighted by Gasteiger charge is 2.41. The molecule has 0 bridgehead atoms. The van der Waals surface area contributed by atoms with E-state index in [-0.39, 0.29) is 0 Å². The van der Waals surface area contributed by atoms with Gasteiger partial charge in [0.1, 0.15) is 9.07 Å². The van der Waals surface area contributed by atoms with E-state index >= 15 is 0 Å². The van der Waals surface area contributed by atoms with Gasteiger partial charge in [0.25, 0.3) is 0 Å². The van der Waals surface area contributed by atoms with Gasteiger partial charge in [0, 0.05) is 14.1 Å². The molecule has 5 heteroatoms. The number of hydrogen-bond donors (Lipinski definition) is 1. The first kappa shape index (κ1) is 12.8. The summed E-state index contributed by atoms with van der Waals surface area (Å²) in [7, 11) is 3.71. The van der Waals surface area contributed by atoms with Crippen molar-refractivity contribution in [1.29, 1.82) is 0 Å². The van der Waals surface area contributed by atoms with Crippen LogP contribution < -0.4 is 0 Å². The molecule has 0 aromatic carbocycles. The van der Waals surface area contributed by atoms with Gasteiger partial charge in [-0.1, -0.05) is 43.2 Å². The summed E-state index contributed by atoms with van der Waals surface area (Å²) >= 11 is 6.52. The second kappa shape index (κ2) is 5.16. The van der Waals surface area contributed by atoms with Gasteiger partial charge in [0.15, 0.2) is 0 Å². The van der Waals surface area contributed by atoms with Crippen molar-refractivity contribution in [2.45, 2.75) is 36.9 Å². The van der Waals surface area contributed by atoms with Crippen molar-refractivity contribution in [2.75, 3.05) is 14.1 Å². The molecule has 1 fully saturated rings. The molecule has 3 nitrogen and oxygen atoms in total. The average molecular weight is 247 g/mol. The predicted molar refractivity (Wildman–Crippen MR) is 67.3 cm³/mol. The quantitative estimate of drug-likeness (QED) is 0.759. The van der Waals surface area contributed by atoms with Gasteiger partial charge in [-0.15, -0.1) is 0 Å². The fourth-order valence-electron chi connectivity index (χ4n) is 1.74. The van der Waals surface area contributed by atoms with Crippen molar-refractivity contribution in [3.05, 3.63) is 0 Å². The van der Waals surface area contributed by atoms with Crippen molar-refractivity contribution >= 4 is 34.3 Å². The summed E-state index contributed by atoms with van der Waals surface area (Å²) in [6, 6.07) is 0. The number of carbonyl (C=O) groups is 1. The maximum Gasteiger partial charge on any atom is 0.320 e. The molecule has 0 spiro atoms. The summed E-state index contributed by atoms with van der Waals surface area (Å²) in [5.74, 6) is -0.712. The lowest BCUT2D eigenvalue weighted by atomic mass is 9.88. The van der Waals surface area contributed by atoms with Crippen molar-refractivity contribution in [3.8, 4) is 0 Å². The van der Waals surface area contributed by atoms with E-state index in [2.05, 4.69) is 0 Å². The van der Waals surface area contributed by atoms with Crippen molar-refractivity contribution in [2.24, 2.45) is 0 Å². The Morgan fingerprint density at radius 1 is 1.33 bits per heavy atom. The van der Waals surface area contributed by atoms with E-state index in [1.807, 2.05) is 14.1 Å². The van der Waals surface area contributed by atoms with Gasteiger partial charge in [-0.3, -0.25) is 4.79 Å². The maximum absolute atomic E-state index is 11.3. The minimum Gasteiger partial charge on any atom is -0.480 e. The molecule has 0 amide bonds. The third kappa shape index (κ3) is 3.08. The molecule has 1 aliphatic rings. The first-order valence-corrected chi connectivity index (χ1v) is 6.34. The Hall–Kier alpha value is -0.290. The number of thiocarbonyl (C=S) groups is 1. The summed E-state index contributed by atoms with van der Waals surface area (Å²) in [5.41, 5.74) is 0. The fourth-order valence-corrected chi connectivity index (χ4v) is 3.32. The predicted octanol–water partition coefficient (Wildman–Crippen LogP) is 2.35. The van der Waals surface area contributed by atoms with E-state index in [9.17, 15) is 9.90 Å². The van der Waals surface area contributed by atoms with Crippen LogP contribution in [0.3, 0.4) is 0 Å². The number of aliphatic carboxylic acids is 1. The van der Waals surface area contributed by atoms with Crippen LogP contribution in [0.2, 0.25) is 0 Å². The Balaban J connectivity index is 2.73. The largest absolute Gasteiger partial charge is 0.480 e. The molecule has 0 radical (unpaired) electrons. The van der Waals surface area contributed by atoms with Crippen LogP contribution in [0.5, 0.6) is 0 Å². The maximum atomic E-state index is 11.3. The summed E-state index contributed by atoms with van der Waals surface area (Å²) in [4.78, 5) is 13.1. The van der Waals surface area contributed by atoms with Gasteiger partial charge in [0.05, 0.1) is 0 Å². The van der Waals surface area contributed by atoms with E-state index < -0.39 is 10.7 Å². The van der Waals surface area contributed by atoms with Crippen molar-refractivity contribution < 1.29 is 9.90 Å². The third-order valence-corrected chi connectivity index (χ3v) is 4.83. The molecule has 86 valence electrons. The molecule has 0 aliphatic heterocycles. The molecule has 0 unspecified atom stereocenters. The SMILES string of the molecule is CN(C)C(=S)SC1(C(=O)O)CCCCC1. The van der Waals surface area contributed by atoms with E-state index in [0.29, 0.717) is 4.32 Å². The summed E-state index contributed by atoms with van der Waals surface area (Å²) in [6.07, 6.45) is 4.61. The number of rotatable bonds is 2. The average Bonchev–Trinajstić information content (AvgIpc) is 2.18. The van der Waals surface area contributed by atoms with Gasteiger partial charge in [-0.05, 0) is 12.8 Å². The molecule has 15 heavy (non-hydrogen) atoms. The fraction of sp³-hybridized carbons (Fsp3) is 0.800. The highest BCUT2D eigenvalue weighted by molar-refractivity contribution is 8.24. The second-order valence-electron chi connectivity index (χ2n) is 4.12. The minimum absolute atomic E-state index is 0.666. The zero-order valence-electron chi connectivity index (χ0n) is 9.15.